The molecule has 3 rings (SSSR count). The smallest absolute Gasteiger partial charge is 0.267 e. The maximum Gasteiger partial charge on any atom is 0.267 e. The van der Waals surface area contributed by atoms with Gasteiger partial charge in [0.2, 0.25) is 5.91 Å². The van der Waals surface area contributed by atoms with E-state index < -0.39 is 0 Å². The van der Waals surface area contributed by atoms with Crippen molar-refractivity contribution in [3.63, 3.8) is 0 Å². The van der Waals surface area contributed by atoms with Gasteiger partial charge in [-0.1, -0.05) is 11.6 Å². The van der Waals surface area contributed by atoms with Crippen LogP contribution >= 0.6 is 23.4 Å². The Kier molecular flexibility index (Phi) is 5.65. The Morgan fingerprint density at radius 3 is 2.76 bits per heavy atom. The van der Waals surface area contributed by atoms with Gasteiger partial charge < -0.3 is 10.2 Å². The lowest BCUT2D eigenvalue weighted by molar-refractivity contribution is -0.117. The van der Waals surface area contributed by atoms with Crippen LogP contribution in [0, 0.1) is 6.92 Å². The summed E-state index contributed by atoms with van der Waals surface area (Å²) in [5, 5.41) is 7.43. The van der Waals surface area contributed by atoms with Crippen molar-refractivity contribution in [2.75, 3.05) is 34.8 Å². The van der Waals surface area contributed by atoms with Gasteiger partial charge in [0.05, 0.1) is 16.4 Å². The molecule has 25 heavy (non-hydrogen) atoms. The highest BCUT2D eigenvalue weighted by atomic mass is 35.5. The van der Waals surface area contributed by atoms with Crippen LogP contribution in [0.15, 0.2) is 35.1 Å². The summed E-state index contributed by atoms with van der Waals surface area (Å²) in [6, 6.07) is 8.51. The molecule has 1 aliphatic rings. The summed E-state index contributed by atoms with van der Waals surface area (Å²) in [6.07, 6.45) is 0. The Morgan fingerprint density at radius 1 is 1.28 bits per heavy atom. The first-order valence-corrected chi connectivity index (χ1v) is 9.53. The minimum absolute atomic E-state index is 0.136. The third-order valence-electron chi connectivity index (χ3n) is 3.88. The van der Waals surface area contributed by atoms with Crippen LogP contribution in [0.5, 0.6) is 0 Å². The quantitative estimate of drug-likeness (QED) is 0.884. The molecule has 1 fully saturated rings. The number of amides is 1. The van der Waals surface area contributed by atoms with Crippen LogP contribution in [-0.2, 0) is 11.3 Å². The molecule has 0 saturated carbocycles. The first-order chi connectivity index (χ1) is 12.0. The molecule has 1 aromatic carbocycles. The molecule has 0 aliphatic carbocycles. The average molecular weight is 379 g/mol. The van der Waals surface area contributed by atoms with Gasteiger partial charge in [0.25, 0.3) is 5.56 Å². The van der Waals surface area contributed by atoms with E-state index in [1.54, 1.807) is 19.1 Å². The molecule has 132 valence electrons. The summed E-state index contributed by atoms with van der Waals surface area (Å²) in [4.78, 5) is 26.2. The first-order valence-electron chi connectivity index (χ1n) is 8.00. The Morgan fingerprint density at radius 2 is 2.04 bits per heavy atom. The van der Waals surface area contributed by atoms with Crippen LogP contribution in [0.1, 0.15) is 5.69 Å². The third-order valence-corrected chi connectivity index (χ3v) is 5.12. The predicted octanol–water partition coefficient (Wildman–Crippen LogP) is 2.40. The van der Waals surface area contributed by atoms with E-state index in [0.29, 0.717) is 16.4 Å². The van der Waals surface area contributed by atoms with Crippen molar-refractivity contribution in [1.82, 2.24) is 9.78 Å². The number of aryl methyl sites for hydroxylation is 1. The van der Waals surface area contributed by atoms with Crippen LogP contribution in [-0.4, -0.2) is 40.3 Å². The number of carbonyl (C=O) groups excluding carboxylic acids is 1. The van der Waals surface area contributed by atoms with Gasteiger partial charge in [0, 0.05) is 36.3 Å². The second-order valence-electron chi connectivity index (χ2n) is 5.78. The topological polar surface area (TPSA) is 67.2 Å². The molecule has 1 N–H and O–H groups in total. The van der Waals surface area contributed by atoms with Gasteiger partial charge in [-0.25, -0.2) is 4.68 Å². The first kappa shape index (κ1) is 17.8. The van der Waals surface area contributed by atoms with Gasteiger partial charge in [-0.2, -0.15) is 16.9 Å². The van der Waals surface area contributed by atoms with Gasteiger partial charge in [0.15, 0.2) is 0 Å². The predicted molar refractivity (Wildman–Crippen MR) is 103 cm³/mol. The Bertz CT molecular complexity index is 834. The van der Waals surface area contributed by atoms with Crippen molar-refractivity contribution in [2.45, 2.75) is 13.5 Å². The van der Waals surface area contributed by atoms with Crippen molar-refractivity contribution in [3.05, 3.63) is 51.4 Å². The number of anilines is 2. The van der Waals surface area contributed by atoms with Crippen LogP contribution in [0.2, 0.25) is 5.02 Å². The summed E-state index contributed by atoms with van der Waals surface area (Å²) in [7, 11) is 0. The van der Waals surface area contributed by atoms with Gasteiger partial charge >= 0.3 is 0 Å². The second-order valence-corrected chi connectivity index (χ2v) is 7.42. The molecular formula is C17H19ClN4O2S. The highest BCUT2D eigenvalue weighted by Crippen LogP contribution is 2.30. The fraction of sp³-hybridized carbons (Fsp3) is 0.353. The van der Waals surface area contributed by atoms with Crippen LogP contribution in [0.3, 0.4) is 0 Å². The van der Waals surface area contributed by atoms with Gasteiger partial charge in [0.1, 0.15) is 6.54 Å². The summed E-state index contributed by atoms with van der Waals surface area (Å²) in [6.45, 7) is 3.57. The lowest BCUT2D eigenvalue weighted by atomic mass is 10.2. The summed E-state index contributed by atoms with van der Waals surface area (Å²) < 4.78 is 1.14. The van der Waals surface area contributed by atoms with Crippen LogP contribution in [0.25, 0.3) is 0 Å². The fourth-order valence-electron chi connectivity index (χ4n) is 2.65. The normalized spacial score (nSPS) is 14.4. The summed E-state index contributed by atoms with van der Waals surface area (Å²) in [5.74, 6) is 1.86. The molecule has 0 radical (unpaired) electrons. The fourth-order valence-corrected chi connectivity index (χ4v) is 3.85. The van der Waals surface area contributed by atoms with E-state index in [1.807, 2.05) is 23.9 Å². The molecule has 0 atom stereocenters. The van der Waals surface area contributed by atoms with Crippen molar-refractivity contribution >= 4 is 40.6 Å². The van der Waals surface area contributed by atoms with E-state index in [-0.39, 0.29) is 18.0 Å². The standard InChI is InChI=1S/C17H19ClN4O2S/c1-12-2-5-17(24)22(20-12)11-16(23)19-13-3-4-15(14(18)10-13)21-6-8-25-9-7-21/h2-5,10H,6-9,11H2,1H3,(H,19,23). The number of hydrogen-bond acceptors (Lipinski definition) is 5. The number of nitrogens with zero attached hydrogens (tertiary/aromatic N) is 3. The molecular weight excluding hydrogens is 360 g/mol. The van der Waals surface area contributed by atoms with E-state index in [1.165, 1.54) is 6.07 Å². The highest BCUT2D eigenvalue weighted by Gasteiger charge is 2.15. The number of benzene rings is 1. The number of halogens is 1. The number of aromatic nitrogens is 2. The number of carbonyl (C=O) groups is 1. The van der Waals surface area contributed by atoms with Gasteiger partial charge in [-0.05, 0) is 31.2 Å². The molecule has 1 aromatic heterocycles. The highest BCUT2D eigenvalue weighted by molar-refractivity contribution is 7.99. The molecule has 1 amide bonds. The minimum Gasteiger partial charge on any atom is -0.369 e. The number of thioether (sulfide) groups is 1. The van der Waals surface area contributed by atoms with E-state index in [4.69, 9.17) is 11.6 Å². The number of hydrogen-bond donors (Lipinski definition) is 1. The average Bonchev–Trinajstić information content (AvgIpc) is 2.59. The van der Waals surface area contributed by atoms with Crippen LogP contribution in [0.4, 0.5) is 11.4 Å². The molecule has 2 heterocycles. The molecule has 0 bridgehead atoms. The maximum atomic E-state index is 12.2. The van der Waals surface area contributed by atoms with Crippen molar-refractivity contribution < 1.29 is 4.79 Å². The van der Waals surface area contributed by atoms with E-state index in [2.05, 4.69) is 15.3 Å². The second kappa shape index (κ2) is 7.93. The number of rotatable bonds is 4. The lowest BCUT2D eigenvalue weighted by Gasteiger charge is -2.29. The van der Waals surface area contributed by atoms with Crippen LogP contribution < -0.4 is 15.8 Å². The zero-order valence-corrected chi connectivity index (χ0v) is 15.4. The van der Waals surface area contributed by atoms with E-state index >= 15 is 0 Å². The Labute approximate surface area is 155 Å². The third kappa shape index (κ3) is 4.55. The van der Waals surface area contributed by atoms with E-state index in [9.17, 15) is 9.59 Å². The molecule has 1 saturated heterocycles. The Hall–Kier alpha value is -1.99. The monoisotopic (exact) mass is 378 g/mol. The molecule has 8 heteroatoms. The molecule has 2 aromatic rings. The summed E-state index contributed by atoms with van der Waals surface area (Å²) >= 11 is 8.32. The van der Waals surface area contributed by atoms with Gasteiger partial charge in [-0.3, -0.25) is 9.59 Å². The van der Waals surface area contributed by atoms with Gasteiger partial charge in [-0.15, -0.1) is 0 Å². The Balaban J connectivity index is 1.68. The van der Waals surface area contributed by atoms with Crippen molar-refractivity contribution in [2.24, 2.45) is 0 Å². The molecule has 1 aliphatic heterocycles. The minimum atomic E-state index is -0.321. The zero-order valence-electron chi connectivity index (χ0n) is 13.9. The lowest BCUT2D eigenvalue weighted by Crippen LogP contribution is -2.32. The maximum absolute atomic E-state index is 12.2. The zero-order chi connectivity index (χ0) is 17.8. The number of nitrogens with one attached hydrogen (secondary N) is 1. The summed E-state index contributed by atoms with van der Waals surface area (Å²) in [5.41, 5.74) is 1.96. The largest absolute Gasteiger partial charge is 0.369 e. The van der Waals surface area contributed by atoms with Crippen molar-refractivity contribution in [3.8, 4) is 0 Å². The molecule has 6 nitrogen and oxygen atoms in total. The SMILES string of the molecule is Cc1ccc(=O)n(CC(=O)Nc2ccc(N3CCSCC3)c(Cl)c2)n1. The van der Waals surface area contributed by atoms with E-state index in [0.717, 1.165) is 35.0 Å². The van der Waals surface area contributed by atoms with Crippen molar-refractivity contribution in [1.29, 1.82) is 0 Å². The molecule has 0 spiro atoms. The molecule has 0 unspecified atom stereocenters.